The van der Waals surface area contributed by atoms with E-state index in [2.05, 4.69) is 39.9 Å². The van der Waals surface area contributed by atoms with Crippen molar-refractivity contribution in [1.82, 2.24) is 25.6 Å². The van der Waals surface area contributed by atoms with Crippen LogP contribution in [0.3, 0.4) is 0 Å². The third-order valence-corrected chi connectivity index (χ3v) is 9.14. The lowest BCUT2D eigenvalue weighted by atomic mass is 9.85. The molecule has 2 atom stereocenters. The predicted molar refractivity (Wildman–Crippen MR) is 173 cm³/mol. The summed E-state index contributed by atoms with van der Waals surface area (Å²) in [6.07, 6.45) is 4.18. The standard InChI is InChI=1S/C35H48N6O4/c1-34(2,3)31(41(37-4)21-28(36)24-15-16-24)33(44)40-20-27(42)19-29(40)32(43)38-18-17-35(45)22-39(23-35)30(25-11-7-5-8-12-25)26-13-9-6-10-14-26/h5-14,21,24,29-31,37,45H,15-20,22-23,36H2,1-4H3,(H,38,43)/b28-21-/t29-,31+/m0/s1. The Labute approximate surface area is 266 Å². The van der Waals surface area contributed by atoms with Crippen LogP contribution in [0.1, 0.15) is 63.6 Å². The maximum Gasteiger partial charge on any atom is 0.248 e. The third-order valence-electron chi connectivity index (χ3n) is 9.14. The fourth-order valence-electron chi connectivity index (χ4n) is 6.64. The molecule has 2 aromatic carbocycles. The number of nitrogens with zero attached hydrogens (tertiary/aromatic N) is 3. The SMILES string of the molecule is CNN(/C=C(\N)C1CC1)[C@H](C(=O)N1CC(=O)C[C@H]1C(=O)NCCC1(O)CN(C(c2ccccc2)c2ccccc2)C1)C(C)(C)C. The van der Waals surface area contributed by atoms with Gasteiger partial charge in [-0.2, -0.15) is 0 Å². The molecular formula is C35H48N6O4. The fraction of sp³-hybridized carbons (Fsp3) is 0.514. The summed E-state index contributed by atoms with van der Waals surface area (Å²) in [5, 5.41) is 15.9. The molecule has 10 heteroatoms. The normalized spacial score (nSPS) is 21.0. The number of hydrogen-bond donors (Lipinski definition) is 4. The molecule has 45 heavy (non-hydrogen) atoms. The van der Waals surface area contributed by atoms with Crippen LogP contribution in [0, 0.1) is 11.3 Å². The summed E-state index contributed by atoms with van der Waals surface area (Å²) >= 11 is 0. The van der Waals surface area contributed by atoms with Gasteiger partial charge in [0.1, 0.15) is 12.1 Å². The van der Waals surface area contributed by atoms with Crippen LogP contribution in [0.2, 0.25) is 0 Å². The van der Waals surface area contributed by atoms with Gasteiger partial charge in [0.15, 0.2) is 5.78 Å². The Kier molecular flexibility index (Phi) is 9.67. The number of β-amino-alcohol motifs (C(OH)–C–C–N with tert-alkyl or cyclic N) is 1. The highest BCUT2D eigenvalue weighted by Crippen LogP contribution is 2.37. The van der Waals surface area contributed by atoms with Gasteiger partial charge in [-0.1, -0.05) is 81.4 Å². The molecule has 3 aliphatic rings. The van der Waals surface area contributed by atoms with Crippen LogP contribution >= 0.6 is 0 Å². The number of amides is 2. The lowest BCUT2D eigenvalue weighted by Crippen LogP contribution is -2.63. The van der Waals surface area contributed by atoms with Gasteiger partial charge in [0, 0.05) is 50.9 Å². The van der Waals surface area contributed by atoms with Gasteiger partial charge >= 0.3 is 0 Å². The molecule has 1 saturated carbocycles. The number of rotatable bonds is 12. The molecule has 0 radical (unpaired) electrons. The Hall–Kier alpha value is -3.73. The van der Waals surface area contributed by atoms with Crippen molar-refractivity contribution in [2.75, 3.05) is 33.2 Å². The van der Waals surface area contributed by atoms with E-state index in [1.165, 1.54) is 4.90 Å². The van der Waals surface area contributed by atoms with Crippen molar-refractivity contribution in [3.63, 3.8) is 0 Å². The van der Waals surface area contributed by atoms with Crippen LogP contribution in [0.25, 0.3) is 0 Å². The Balaban J connectivity index is 1.21. The number of benzene rings is 2. The number of hydrazine groups is 1. The molecule has 2 heterocycles. The summed E-state index contributed by atoms with van der Waals surface area (Å²) in [5.41, 5.74) is 10.9. The fourth-order valence-corrected chi connectivity index (χ4v) is 6.64. The Morgan fingerprint density at radius 2 is 1.64 bits per heavy atom. The van der Waals surface area contributed by atoms with Gasteiger partial charge in [-0.25, -0.2) is 5.43 Å². The van der Waals surface area contributed by atoms with Crippen LogP contribution in [0.5, 0.6) is 0 Å². The van der Waals surface area contributed by atoms with Crippen LogP contribution in [-0.2, 0) is 14.4 Å². The minimum Gasteiger partial charge on any atom is -0.401 e. The van der Waals surface area contributed by atoms with E-state index in [4.69, 9.17) is 5.73 Å². The molecular weight excluding hydrogens is 568 g/mol. The third kappa shape index (κ3) is 7.57. The number of likely N-dealkylation sites (tertiary alicyclic amines) is 2. The molecule has 0 aromatic heterocycles. The first-order valence-corrected chi connectivity index (χ1v) is 16.0. The quantitative estimate of drug-likeness (QED) is 0.268. The molecule has 0 unspecified atom stereocenters. The van der Waals surface area contributed by atoms with Crippen LogP contribution in [0.15, 0.2) is 72.6 Å². The van der Waals surface area contributed by atoms with Gasteiger partial charge in [-0.05, 0) is 35.8 Å². The van der Waals surface area contributed by atoms with Gasteiger partial charge in [0.05, 0.1) is 18.2 Å². The van der Waals surface area contributed by atoms with E-state index in [-0.39, 0.29) is 43.1 Å². The highest BCUT2D eigenvalue weighted by molar-refractivity contribution is 6.00. The van der Waals surface area contributed by atoms with E-state index < -0.39 is 23.1 Å². The molecule has 2 amide bonds. The molecule has 5 rings (SSSR count). The Bertz CT molecular complexity index is 1340. The summed E-state index contributed by atoms with van der Waals surface area (Å²) in [4.78, 5) is 43.7. The van der Waals surface area contributed by atoms with Gasteiger partial charge in [-0.3, -0.25) is 19.3 Å². The summed E-state index contributed by atoms with van der Waals surface area (Å²) in [7, 11) is 1.73. The first-order chi connectivity index (χ1) is 21.4. The maximum atomic E-state index is 14.0. The van der Waals surface area contributed by atoms with Crippen molar-refractivity contribution in [2.24, 2.45) is 17.1 Å². The zero-order valence-electron chi connectivity index (χ0n) is 26.9. The molecule has 2 aromatic rings. The summed E-state index contributed by atoms with van der Waals surface area (Å²) < 4.78 is 0. The van der Waals surface area contributed by atoms with E-state index in [9.17, 15) is 19.5 Å². The molecule has 3 fully saturated rings. The van der Waals surface area contributed by atoms with E-state index in [0.29, 0.717) is 31.1 Å². The van der Waals surface area contributed by atoms with Crippen molar-refractivity contribution < 1.29 is 19.5 Å². The summed E-state index contributed by atoms with van der Waals surface area (Å²) in [5.74, 6) is -0.508. The number of aliphatic hydroxyl groups is 1. The van der Waals surface area contributed by atoms with Crippen molar-refractivity contribution in [1.29, 1.82) is 0 Å². The molecule has 2 aliphatic heterocycles. The van der Waals surface area contributed by atoms with Crippen molar-refractivity contribution in [3.05, 3.63) is 83.7 Å². The van der Waals surface area contributed by atoms with E-state index >= 15 is 0 Å². The molecule has 10 nitrogen and oxygen atoms in total. The maximum absolute atomic E-state index is 14.0. The zero-order valence-corrected chi connectivity index (χ0v) is 26.9. The average Bonchev–Trinajstić information content (AvgIpc) is 3.77. The average molecular weight is 617 g/mol. The minimum atomic E-state index is -0.950. The van der Waals surface area contributed by atoms with Crippen molar-refractivity contribution in [2.45, 2.75) is 70.2 Å². The topological polar surface area (TPSA) is 131 Å². The molecule has 5 N–H and O–H groups in total. The van der Waals surface area contributed by atoms with Crippen LogP contribution in [-0.4, -0.2) is 88.4 Å². The largest absolute Gasteiger partial charge is 0.401 e. The Morgan fingerprint density at radius 1 is 1.07 bits per heavy atom. The second kappa shape index (κ2) is 13.3. The zero-order chi connectivity index (χ0) is 32.4. The number of carbonyl (C=O) groups is 3. The van der Waals surface area contributed by atoms with Crippen LogP contribution < -0.4 is 16.5 Å². The number of carbonyl (C=O) groups excluding carboxylic acids is 3. The van der Waals surface area contributed by atoms with Crippen molar-refractivity contribution >= 4 is 17.6 Å². The van der Waals surface area contributed by atoms with Gasteiger partial charge < -0.3 is 26.1 Å². The van der Waals surface area contributed by atoms with Crippen molar-refractivity contribution in [3.8, 4) is 0 Å². The smallest absolute Gasteiger partial charge is 0.248 e. The van der Waals surface area contributed by atoms with E-state index in [0.717, 1.165) is 24.0 Å². The molecule has 0 spiro atoms. The number of nitrogens with two attached hydrogens (primary N) is 1. The van der Waals surface area contributed by atoms with Gasteiger partial charge in [0.2, 0.25) is 11.8 Å². The first-order valence-electron chi connectivity index (χ1n) is 16.0. The minimum absolute atomic E-state index is 0.0220. The van der Waals surface area contributed by atoms with Crippen LogP contribution in [0.4, 0.5) is 0 Å². The molecule has 1 aliphatic carbocycles. The Morgan fingerprint density at radius 3 is 2.16 bits per heavy atom. The first kappa shape index (κ1) is 32.7. The number of allylic oxidation sites excluding steroid dienone is 1. The lowest BCUT2D eigenvalue weighted by molar-refractivity contribution is -0.146. The second-order valence-corrected chi connectivity index (χ2v) is 13.9. The second-order valence-electron chi connectivity index (χ2n) is 13.9. The predicted octanol–water partition coefficient (Wildman–Crippen LogP) is 2.56. The number of hydrogen-bond acceptors (Lipinski definition) is 8. The summed E-state index contributed by atoms with van der Waals surface area (Å²) in [6.45, 7) is 6.93. The summed E-state index contributed by atoms with van der Waals surface area (Å²) in [6, 6.07) is 18.9. The van der Waals surface area contributed by atoms with E-state index in [1.807, 2.05) is 57.2 Å². The highest BCUT2D eigenvalue weighted by Gasteiger charge is 2.47. The monoisotopic (exact) mass is 616 g/mol. The molecule has 0 bridgehead atoms. The number of Topliss-reactive ketones (excluding diaryl/α,β-unsaturated/α-hetero) is 1. The van der Waals surface area contributed by atoms with Gasteiger partial charge in [-0.15, -0.1) is 0 Å². The lowest BCUT2D eigenvalue weighted by Gasteiger charge is -2.50. The highest BCUT2D eigenvalue weighted by atomic mass is 16.3. The number of nitrogens with one attached hydrogen (secondary N) is 2. The van der Waals surface area contributed by atoms with Gasteiger partial charge in [0.25, 0.3) is 0 Å². The number of ketones is 1. The molecule has 242 valence electrons. The molecule has 2 saturated heterocycles. The van der Waals surface area contributed by atoms with E-state index in [1.54, 1.807) is 18.3 Å².